The molecule has 7 nitrogen and oxygen atoms in total. The fraction of sp³-hybridized carbons (Fsp3) is 0.412. The number of pyridine rings is 1. The van der Waals surface area contributed by atoms with Crippen molar-refractivity contribution in [3.8, 4) is 0 Å². The molecule has 0 spiro atoms. The van der Waals surface area contributed by atoms with Gasteiger partial charge in [0.2, 0.25) is 0 Å². The van der Waals surface area contributed by atoms with E-state index in [1.54, 1.807) is 6.92 Å². The largest absolute Gasteiger partial charge is 0.461 e. The number of imidazole rings is 1. The van der Waals surface area contributed by atoms with Gasteiger partial charge in [-0.05, 0) is 18.6 Å². The van der Waals surface area contributed by atoms with E-state index < -0.39 is 33.8 Å². The molecule has 164 valence electrons. The van der Waals surface area contributed by atoms with Crippen LogP contribution >= 0.6 is 0 Å². The number of sulfone groups is 1. The second kappa shape index (κ2) is 7.22. The lowest BCUT2D eigenvalue weighted by Gasteiger charge is -2.35. The SMILES string of the molecule is C=Cc1cnc(N2Nc3nc(C(F)(F)C(F)(F)F)[nH]c3CC2C)c(S(=O)(=O)CC)c1. The summed E-state index contributed by atoms with van der Waals surface area (Å²) in [6.45, 7) is 6.65. The van der Waals surface area contributed by atoms with Gasteiger partial charge in [0.25, 0.3) is 0 Å². The monoisotopic (exact) mass is 451 g/mol. The van der Waals surface area contributed by atoms with Crippen LogP contribution in [0.3, 0.4) is 0 Å². The number of halogens is 5. The summed E-state index contributed by atoms with van der Waals surface area (Å²) in [4.78, 5) is 9.44. The molecule has 0 fully saturated rings. The Kier molecular flexibility index (Phi) is 5.29. The predicted octanol–water partition coefficient (Wildman–Crippen LogP) is 3.67. The van der Waals surface area contributed by atoms with Gasteiger partial charge in [-0.2, -0.15) is 22.0 Å². The molecule has 3 rings (SSSR count). The minimum Gasteiger partial charge on any atom is -0.339 e. The summed E-state index contributed by atoms with van der Waals surface area (Å²) in [6.07, 6.45) is -3.03. The van der Waals surface area contributed by atoms with Crippen LogP contribution < -0.4 is 10.4 Å². The van der Waals surface area contributed by atoms with E-state index in [1.807, 2.05) is 4.98 Å². The number of rotatable bonds is 5. The summed E-state index contributed by atoms with van der Waals surface area (Å²) in [5.74, 6) is -7.21. The van der Waals surface area contributed by atoms with Crippen LogP contribution in [0.2, 0.25) is 0 Å². The molecule has 0 saturated carbocycles. The molecule has 2 aromatic rings. The van der Waals surface area contributed by atoms with Gasteiger partial charge in [0, 0.05) is 12.6 Å². The highest BCUT2D eigenvalue weighted by molar-refractivity contribution is 7.91. The lowest BCUT2D eigenvalue weighted by atomic mass is 10.1. The Morgan fingerprint density at radius 2 is 2.00 bits per heavy atom. The molecule has 0 amide bonds. The smallest absolute Gasteiger partial charge is 0.339 e. The number of aromatic amines is 1. The van der Waals surface area contributed by atoms with Gasteiger partial charge in [-0.15, -0.1) is 0 Å². The van der Waals surface area contributed by atoms with Crippen LogP contribution in [0.15, 0.2) is 23.7 Å². The van der Waals surface area contributed by atoms with Crippen LogP contribution in [0.1, 0.15) is 30.9 Å². The fourth-order valence-corrected chi connectivity index (χ4v) is 3.99. The third-order valence-electron chi connectivity index (χ3n) is 4.63. The Morgan fingerprint density at radius 1 is 1.33 bits per heavy atom. The van der Waals surface area contributed by atoms with Crippen LogP contribution in [-0.2, 0) is 22.2 Å². The predicted molar refractivity (Wildman–Crippen MR) is 99.9 cm³/mol. The minimum absolute atomic E-state index is 0.000225. The second-order valence-corrected chi connectivity index (χ2v) is 8.96. The van der Waals surface area contributed by atoms with Crippen molar-refractivity contribution in [1.82, 2.24) is 15.0 Å². The first-order chi connectivity index (χ1) is 13.8. The van der Waals surface area contributed by atoms with Crippen molar-refractivity contribution in [2.45, 2.75) is 43.3 Å². The molecule has 1 aliphatic rings. The highest BCUT2D eigenvalue weighted by atomic mass is 32.2. The molecule has 2 aromatic heterocycles. The Hall–Kier alpha value is -2.70. The molecule has 0 aromatic carbocycles. The molecule has 0 saturated heterocycles. The van der Waals surface area contributed by atoms with E-state index in [2.05, 4.69) is 22.0 Å². The lowest BCUT2D eigenvalue weighted by molar-refractivity contribution is -0.292. The molecule has 30 heavy (non-hydrogen) atoms. The highest BCUT2D eigenvalue weighted by Crippen LogP contribution is 2.44. The van der Waals surface area contributed by atoms with Crippen LogP contribution in [0.25, 0.3) is 6.08 Å². The minimum atomic E-state index is -5.82. The average Bonchev–Trinajstić information content (AvgIpc) is 3.09. The zero-order valence-electron chi connectivity index (χ0n) is 15.9. The van der Waals surface area contributed by atoms with Gasteiger partial charge in [-0.25, -0.2) is 18.4 Å². The Labute approximate surface area is 168 Å². The van der Waals surface area contributed by atoms with Gasteiger partial charge in [0.1, 0.15) is 4.90 Å². The van der Waals surface area contributed by atoms with E-state index >= 15 is 0 Å². The molecule has 2 N–H and O–H groups in total. The quantitative estimate of drug-likeness (QED) is 0.675. The van der Waals surface area contributed by atoms with E-state index in [4.69, 9.17) is 0 Å². The topological polar surface area (TPSA) is 91.0 Å². The number of nitrogens with zero attached hydrogens (tertiary/aromatic N) is 3. The van der Waals surface area contributed by atoms with Crippen molar-refractivity contribution < 1.29 is 30.4 Å². The third-order valence-corrected chi connectivity index (χ3v) is 6.36. The van der Waals surface area contributed by atoms with Crippen molar-refractivity contribution >= 4 is 27.5 Å². The Bertz CT molecular complexity index is 1080. The maximum Gasteiger partial charge on any atom is 0.461 e. The van der Waals surface area contributed by atoms with E-state index in [1.165, 1.54) is 30.3 Å². The summed E-state index contributed by atoms with van der Waals surface area (Å²) in [7, 11) is -3.74. The first-order valence-electron chi connectivity index (χ1n) is 8.76. The molecule has 0 radical (unpaired) electrons. The molecule has 0 aliphatic carbocycles. The first kappa shape index (κ1) is 22.0. The number of fused-ring (bicyclic) bond motifs is 1. The number of nitrogens with one attached hydrogen (secondary N) is 2. The Morgan fingerprint density at radius 3 is 2.57 bits per heavy atom. The van der Waals surface area contributed by atoms with Gasteiger partial charge in [0.05, 0.1) is 17.5 Å². The van der Waals surface area contributed by atoms with E-state index in [-0.39, 0.29) is 34.4 Å². The number of anilines is 2. The van der Waals surface area contributed by atoms with Crippen molar-refractivity contribution in [2.75, 3.05) is 16.2 Å². The molecule has 3 heterocycles. The molecule has 0 bridgehead atoms. The van der Waals surface area contributed by atoms with Gasteiger partial charge in [-0.1, -0.05) is 19.6 Å². The van der Waals surface area contributed by atoms with Gasteiger partial charge >= 0.3 is 12.1 Å². The van der Waals surface area contributed by atoms with Gasteiger partial charge in [0.15, 0.2) is 27.3 Å². The summed E-state index contributed by atoms with van der Waals surface area (Å²) in [5.41, 5.74) is 3.11. The highest BCUT2D eigenvalue weighted by Gasteiger charge is 2.61. The zero-order chi connectivity index (χ0) is 22.5. The zero-order valence-corrected chi connectivity index (χ0v) is 16.7. The van der Waals surface area contributed by atoms with Crippen molar-refractivity contribution in [3.05, 3.63) is 35.9 Å². The third kappa shape index (κ3) is 3.61. The van der Waals surface area contributed by atoms with Crippen LogP contribution in [0, 0.1) is 0 Å². The molecule has 1 atom stereocenters. The second-order valence-electron chi connectivity index (χ2n) is 6.72. The number of H-pyrrole nitrogens is 1. The van der Waals surface area contributed by atoms with Gasteiger partial charge in [-0.3, -0.25) is 10.4 Å². The molecular weight excluding hydrogens is 433 g/mol. The van der Waals surface area contributed by atoms with Gasteiger partial charge < -0.3 is 4.98 Å². The van der Waals surface area contributed by atoms with E-state index in [0.29, 0.717) is 5.56 Å². The fourth-order valence-electron chi connectivity index (χ4n) is 2.93. The summed E-state index contributed by atoms with van der Waals surface area (Å²) < 4.78 is 90.4. The number of hydrogen-bond donors (Lipinski definition) is 2. The molecule has 13 heteroatoms. The van der Waals surface area contributed by atoms with Crippen LogP contribution in [-0.4, -0.2) is 41.3 Å². The lowest BCUT2D eigenvalue weighted by Crippen LogP contribution is -2.44. The Balaban J connectivity index is 2.06. The summed E-state index contributed by atoms with van der Waals surface area (Å²) >= 11 is 0. The molecule has 1 unspecified atom stereocenters. The summed E-state index contributed by atoms with van der Waals surface area (Å²) in [6, 6.07) is 0.824. The number of aromatic nitrogens is 3. The normalized spacial score (nSPS) is 17.4. The standard InChI is InChI=1S/C17H18F5N5O2S/c1-4-10-7-12(30(28,29)5-2)14(23-8-10)27-9(3)6-11-13(26-27)25-15(24-11)16(18,19)17(20,21)22/h4,7-9,26H,1,5-6H2,2-3H3,(H,24,25). The maximum atomic E-state index is 13.7. The van der Waals surface area contributed by atoms with Crippen molar-refractivity contribution in [3.63, 3.8) is 0 Å². The maximum absolute atomic E-state index is 13.7. The molecular formula is C17H18F5N5O2S. The van der Waals surface area contributed by atoms with Crippen molar-refractivity contribution in [1.29, 1.82) is 0 Å². The van der Waals surface area contributed by atoms with Crippen LogP contribution in [0.5, 0.6) is 0 Å². The van der Waals surface area contributed by atoms with E-state index in [9.17, 15) is 30.4 Å². The number of hydrazine groups is 1. The van der Waals surface area contributed by atoms with Crippen molar-refractivity contribution in [2.24, 2.45) is 0 Å². The number of alkyl halides is 5. The average molecular weight is 451 g/mol. The first-order valence-corrected chi connectivity index (χ1v) is 10.4. The van der Waals surface area contributed by atoms with Crippen LogP contribution in [0.4, 0.5) is 33.6 Å². The molecule has 1 aliphatic heterocycles. The summed E-state index contributed by atoms with van der Waals surface area (Å²) in [5, 5.41) is 1.29. The number of hydrogen-bond acceptors (Lipinski definition) is 6. The van der Waals surface area contributed by atoms with E-state index in [0.717, 1.165) is 0 Å².